The Morgan fingerprint density at radius 2 is 2.22 bits per heavy atom. The molecule has 1 rings (SSSR count). The summed E-state index contributed by atoms with van der Waals surface area (Å²) in [5.41, 5.74) is -1.70. The highest BCUT2D eigenvalue weighted by Gasteiger charge is 2.24. The Labute approximate surface area is 101 Å². The van der Waals surface area contributed by atoms with E-state index in [-0.39, 0.29) is 18.7 Å². The predicted octanol–water partition coefficient (Wildman–Crippen LogP) is 2.03. The van der Waals surface area contributed by atoms with Crippen molar-refractivity contribution in [1.82, 2.24) is 4.98 Å². The van der Waals surface area contributed by atoms with Crippen molar-refractivity contribution >= 4 is 11.7 Å². The summed E-state index contributed by atoms with van der Waals surface area (Å²) in [6.07, 6.45) is -3.38. The average Bonchev–Trinajstić information content (AvgIpc) is 2.28. The molecule has 1 heterocycles. The van der Waals surface area contributed by atoms with Crippen LogP contribution < -0.4 is 0 Å². The molecule has 0 atom stereocenters. The smallest absolute Gasteiger partial charge is 0.311 e. The van der Waals surface area contributed by atoms with Crippen LogP contribution in [0.2, 0.25) is 0 Å². The predicted molar refractivity (Wildman–Crippen MR) is 56.2 cm³/mol. The lowest BCUT2D eigenvalue weighted by atomic mass is 10.2. The fourth-order valence-corrected chi connectivity index (χ4v) is 1.28. The normalized spacial score (nSPS) is 10.4. The van der Waals surface area contributed by atoms with E-state index in [1.54, 1.807) is 6.92 Å². The number of alkyl halides is 2. The molecule has 0 aliphatic heterocycles. The van der Waals surface area contributed by atoms with Crippen LogP contribution in [-0.2, 0) is 16.0 Å². The van der Waals surface area contributed by atoms with Gasteiger partial charge in [0.15, 0.2) is 5.69 Å². The maximum Gasteiger partial charge on any atom is 0.311 e. The largest absolute Gasteiger partial charge is 0.466 e. The highest BCUT2D eigenvalue weighted by atomic mass is 19.3. The Morgan fingerprint density at radius 3 is 2.72 bits per heavy atom. The van der Waals surface area contributed by atoms with Gasteiger partial charge in [-0.2, -0.15) is 0 Å². The Hall–Kier alpha value is -2.12. The molecule has 0 bridgehead atoms. The van der Waals surface area contributed by atoms with E-state index < -0.39 is 28.7 Å². The van der Waals surface area contributed by atoms with Crippen molar-refractivity contribution in [1.29, 1.82) is 0 Å². The maximum absolute atomic E-state index is 12.6. The fourth-order valence-electron chi connectivity index (χ4n) is 1.28. The Balaban J connectivity index is 3.00. The monoisotopic (exact) mass is 260 g/mol. The summed E-state index contributed by atoms with van der Waals surface area (Å²) in [5.74, 6) is -0.626. The number of halogens is 2. The molecule has 1 aromatic heterocycles. The molecule has 0 radical (unpaired) electrons. The number of nitrogens with zero attached hydrogens (tertiary/aromatic N) is 2. The molecule has 6 nitrogen and oxygen atoms in total. The number of esters is 1. The van der Waals surface area contributed by atoms with E-state index in [2.05, 4.69) is 9.72 Å². The van der Waals surface area contributed by atoms with Crippen LogP contribution in [0.3, 0.4) is 0 Å². The lowest BCUT2D eigenvalue weighted by Crippen LogP contribution is -2.10. The van der Waals surface area contributed by atoms with E-state index in [9.17, 15) is 23.7 Å². The summed E-state index contributed by atoms with van der Waals surface area (Å²) in [6, 6.07) is 2.06. The van der Waals surface area contributed by atoms with Gasteiger partial charge in [0.25, 0.3) is 12.1 Å². The standard InChI is InChI=1S/C10H10F2N2O4/c1-2-18-8(15)5-6-3-4-7(14(16)17)9(13-6)10(11)12/h3-4,10H,2,5H2,1H3. The number of hydrogen-bond acceptors (Lipinski definition) is 5. The van der Waals surface area contributed by atoms with E-state index in [4.69, 9.17) is 0 Å². The van der Waals surface area contributed by atoms with Crippen LogP contribution >= 0.6 is 0 Å². The van der Waals surface area contributed by atoms with Crippen LogP contribution in [0.15, 0.2) is 12.1 Å². The van der Waals surface area contributed by atoms with Crippen molar-refractivity contribution in [2.45, 2.75) is 19.8 Å². The third-order valence-electron chi connectivity index (χ3n) is 1.99. The zero-order valence-corrected chi connectivity index (χ0v) is 9.43. The van der Waals surface area contributed by atoms with Gasteiger partial charge in [0.2, 0.25) is 0 Å². The third kappa shape index (κ3) is 3.44. The number of pyridine rings is 1. The number of carbonyl (C=O) groups excluding carboxylic acids is 1. The van der Waals surface area contributed by atoms with Crippen LogP contribution in [0.1, 0.15) is 24.7 Å². The highest BCUT2D eigenvalue weighted by Crippen LogP contribution is 2.27. The van der Waals surface area contributed by atoms with E-state index in [0.717, 1.165) is 12.1 Å². The lowest BCUT2D eigenvalue weighted by Gasteiger charge is -2.04. The SMILES string of the molecule is CCOC(=O)Cc1ccc([N+](=O)[O-])c(C(F)F)n1. The molecule has 0 aliphatic carbocycles. The molecule has 0 saturated carbocycles. The minimum Gasteiger partial charge on any atom is -0.466 e. The van der Waals surface area contributed by atoms with E-state index >= 15 is 0 Å². The lowest BCUT2D eigenvalue weighted by molar-refractivity contribution is -0.386. The van der Waals surface area contributed by atoms with Gasteiger partial charge >= 0.3 is 5.97 Å². The first kappa shape index (κ1) is 13.9. The molecule has 18 heavy (non-hydrogen) atoms. The van der Waals surface area contributed by atoms with Gasteiger partial charge in [0.1, 0.15) is 0 Å². The number of rotatable bonds is 5. The van der Waals surface area contributed by atoms with Crippen LogP contribution in [0.4, 0.5) is 14.5 Å². The molecule has 0 N–H and O–H groups in total. The maximum atomic E-state index is 12.6. The number of aromatic nitrogens is 1. The Morgan fingerprint density at radius 1 is 1.56 bits per heavy atom. The van der Waals surface area contributed by atoms with Crippen LogP contribution in [0.5, 0.6) is 0 Å². The molecule has 0 fully saturated rings. The van der Waals surface area contributed by atoms with Gasteiger partial charge in [-0.3, -0.25) is 14.9 Å². The zero-order valence-electron chi connectivity index (χ0n) is 9.43. The summed E-state index contributed by atoms with van der Waals surface area (Å²) in [5, 5.41) is 10.5. The summed E-state index contributed by atoms with van der Waals surface area (Å²) in [4.78, 5) is 24.1. The van der Waals surface area contributed by atoms with E-state index in [1.807, 2.05) is 0 Å². The number of hydrogen-bond donors (Lipinski definition) is 0. The summed E-state index contributed by atoms with van der Waals surface area (Å²) >= 11 is 0. The Kier molecular flexibility index (Phi) is 4.64. The van der Waals surface area contributed by atoms with Crippen molar-refractivity contribution in [2.24, 2.45) is 0 Å². The van der Waals surface area contributed by atoms with Crippen molar-refractivity contribution < 1.29 is 23.2 Å². The fraction of sp³-hybridized carbons (Fsp3) is 0.400. The molecule has 0 saturated heterocycles. The molecule has 1 aromatic rings. The van der Waals surface area contributed by atoms with Gasteiger partial charge in [-0.25, -0.2) is 13.8 Å². The number of nitro groups is 1. The second-order valence-corrected chi connectivity index (χ2v) is 3.25. The first-order valence-corrected chi connectivity index (χ1v) is 5.03. The second kappa shape index (κ2) is 5.99. The molecule has 0 spiro atoms. The van der Waals surface area contributed by atoms with Crippen molar-refractivity contribution in [3.8, 4) is 0 Å². The van der Waals surface area contributed by atoms with Crippen molar-refractivity contribution in [3.05, 3.63) is 33.6 Å². The third-order valence-corrected chi connectivity index (χ3v) is 1.99. The Bertz CT molecular complexity index is 465. The minimum atomic E-state index is -3.08. The molecule has 0 amide bonds. The molecule has 0 aliphatic rings. The minimum absolute atomic E-state index is 0.00866. The van der Waals surface area contributed by atoms with Crippen molar-refractivity contribution in [3.63, 3.8) is 0 Å². The van der Waals surface area contributed by atoms with Crippen LogP contribution in [0.25, 0.3) is 0 Å². The summed E-state index contributed by atoms with van der Waals surface area (Å²) in [6.45, 7) is 1.76. The molecule has 98 valence electrons. The highest BCUT2D eigenvalue weighted by molar-refractivity contribution is 5.72. The van der Waals surface area contributed by atoms with Gasteiger partial charge in [0, 0.05) is 6.07 Å². The molecular formula is C10H10F2N2O4. The molecular weight excluding hydrogens is 250 g/mol. The van der Waals surface area contributed by atoms with E-state index in [1.165, 1.54) is 0 Å². The van der Waals surface area contributed by atoms with Gasteiger partial charge in [-0.1, -0.05) is 0 Å². The van der Waals surface area contributed by atoms with Gasteiger partial charge in [0.05, 0.1) is 23.6 Å². The quantitative estimate of drug-likeness (QED) is 0.459. The zero-order chi connectivity index (χ0) is 13.7. The summed E-state index contributed by atoms with van der Waals surface area (Å²) < 4.78 is 29.8. The van der Waals surface area contributed by atoms with Crippen LogP contribution in [0, 0.1) is 10.1 Å². The van der Waals surface area contributed by atoms with Crippen LogP contribution in [-0.4, -0.2) is 22.5 Å². The van der Waals surface area contributed by atoms with E-state index in [0.29, 0.717) is 0 Å². The van der Waals surface area contributed by atoms with Crippen molar-refractivity contribution in [2.75, 3.05) is 6.61 Å². The summed E-state index contributed by atoms with van der Waals surface area (Å²) in [7, 11) is 0. The molecule has 0 aromatic carbocycles. The first-order valence-electron chi connectivity index (χ1n) is 5.03. The topological polar surface area (TPSA) is 82.3 Å². The van der Waals surface area contributed by atoms with Gasteiger partial charge < -0.3 is 4.74 Å². The first-order chi connectivity index (χ1) is 8.45. The molecule has 0 unspecified atom stereocenters. The number of ether oxygens (including phenoxy) is 1. The number of carbonyl (C=O) groups is 1. The second-order valence-electron chi connectivity index (χ2n) is 3.25. The van der Waals surface area contributed by atoms with Gasteiger partial charge in [-0.15, -0.1) is 0 Å². The van der Waals surface area contributed by atoms with Gasteiger partial charge in [-0.05, 0) is 13.0 Å². The average molecular weight is 260 g/mol. The molecule has 8 heteroatoms.